The zero-order chi connectivity index (χ0) is 18.8. The van der Waals surface area contributed by atoms with Crippen molar-refractivity contribution in [3.8, 4) is 10.6 Å². The predicted molar refractivity (Wildman–Crippen MR) is 112 cm³/mol. The van der Waals surface area contributed by atoms with Gasteiger partial charge >= 0.3 is 6.03 Å². The van der Waals surface area contributed by atoms with Crippen molar-refractivity contribution < 1.29 is 4.79 Å². The Morgan fingerprint density at radius 2 is 1.89 bits per heavy atom. The molecule has 134 valence electrons. The minimum Gasteiger partial charge on any atom is -0.308 e. The summed E-state index contributed by atoms with van der Waals surface area (Å²) < 4.78 is 0. The molecule has 4 rings (SSSR count). The zero-order valence-electron chi connectivity index (χ0n) is 13.7. The van der Waals surface area contributed by atoms with Crippen LogP contribution >= 0.6 is 34.5 Å². The average Bonchev–Trinajstić information content (AvgIpc) is 3.08. The van der Waals surface area contributed by atoms with Crippen molar-refractivity contribution in [3.05, 3.63) is 70.8 Å². The number of amides is 2. The van der Waals surface area contributed by atoms with E-state index in [0.717, 1.165) is 20.9 Å². The van der Waals surface area contributed by atoms with Crippen LogP contribution in [0.4, 0.5) is 16.2 Å². The molecule has 5 nitrogen and oxygen atoms in total. The Hall–Kier alpha value is -2.67. The number of hydrogen-bond donors (Lipinski definition) is 2. The van der Waals surface area contributed by atoms with Gasteiger partial charge in [-0.25, -0.2) is 14.8 Å². The first-order valence-corrected chi connectivity index (χ1v) is 9.51. The molecule has 0 aliphatic carbocycles. The largest absolute Gasteiger partial charge is 0.323 e. The van der Waals surface area contributed by atoms with Gasteiger partial charge in [-0.1, -0.05) is 46.7 Å². The molecule has 0 bridgehead atoms. The van der Waals surface area contributed by atoms with E-state index in [4.69, 9.17) is 23.2 Å². The number of benzene rings is 2. The Morgan fingerprint density at radius 1 is 1.00 bits per heavy atom. The standard InChI is InChI=1S/C19H12Cl2N4OS/c20-12-6-7-15(14(21)10-12)25-19(26)23-13-4-1-3-11(9-13)17-24-16-5-2-8-22-18(16)27-17/h1-10H,(H2,23,25,26). The summed E-state index contributed by atoms with van der Waals surface area (Å²) in [4.78, 5) is 22.0. The fraction of sp³-hybridized carbons (Fsp3) is 0. The highest BCUT2D eigenvalue weighted by atomic mass is 35.5. The summed E-state index contributed by atoms with van der Waals surface area (Å²) in [6.45, 7) is 0. The van der Waals surface area contributed by atoms with Crippen molar-refractivity contribution in [2.45, 2.75) is 0 Å². The molecule has 0 atom stereocenters. The Morgan fingerprint density at radius 3 is 2.70 bits per heavy atom. The van der Waals surface area contributed by atoms with Gasteiger partial charge in [-0.05, 0) is 42.5 Å². The van der Waals surface area contributed by atoms with Gasteiger partial charge in [-0.2, -0.15) is 0 Å². The van der Waals surface area contributed by atoms with Gasteiger partial charge in [0, 0.05) is 22.5 Å². The van der Waals surface area contributed by atoms with Crippen LogP contribution in [0.1, 0.15) is 0 Å². The molecular weight excluding hydrogens is 403 g/mol. The molecule has 4 aromatic rings. The van der Waals surface area contributed by atoms with Crippen LogP contribution in [0.5, 0.6) is 0 Å². The predicted octanol–water partition coefficient (Wildman–Crippen LogP) is 6.31. The molecule has 2 amide bonds. The Balaban J connectivity index is 1.53. The van der Waals surface area contributed by atoms with E-state index < -0.39 is 6.03 Å². The molecular formula is C19H12Cl2N4OS. The molecule has 2 aromatic heterocycles. The van der Waals surface area contributed by atoms with E-state index in [0.29, 0.717) is 21.4 Å². The summed E-state index contributed by atoms with van der Waals surface area (Å²) >= 11 is 13.5. The van der Waals surface area contributed by atoms with Crippen LogP contribution in [0.15, 0.2) is 60.8 Å². The zero-order valence-corrected chi connectivity index (χ0v) is 16.1. The number of carbonyl (C=O) groups is 1. The number of halogens is 2. The van der Waals surface area contributed by atoms with E-state index in [9.17, 15) is 4.79 Å². The number of nitrogens with zero attached hydrogens (tertiary/aromatic N) is 2. The van der Waals surface area contributed by atoms with Gasteiger partial charge < -0.3 is 10.6 Å². The summed E-state index contributed by atoms with van der Waals surface area (Å²) in [5, 5.41) is 7.21. The van der Waals surface area contributed by atoms with Crippen LogP contribution in [0.2, 0.25) is 10.0 Å². The van der Waals surface area contributed by atoms with E-state index >= 15 is 0 Å². The van der Waals surface area contributed by atoms with E-state index in [2.05, 4.69) is 20.6 Å². The van der Waals surface area contributed by atoms with E-state index in [1.807, 2.05) is 30.3 Å². The minimum absolute atomic E-state index is 0.369. The third-order valence-electron chi connectivity index (χ3n) is 3.71. The number of aromatic nitrogens is 2. The Labute approximate surface area is 169 Å². The molecule has 0 aliphatic heterocycles. The first-order chi connectivity index (χ1) is 13.1. The summed E-state index contributed by atoms with van der Waals surface area (Å²) in [7, 11) is 0. The highest BCUT2D eigenvalue weighted by Crippen LogP contribution is 2.30. The van der Waals surface area contributed by atoms with Gasteiger partial charge in [0.1, 0.15) is 15.4 Å². The molecule has 0 fully saturated rings. The van der Waals surface area contributed by atoms with Crippen molar-refractivity contribution >= 4 is 62.3 Å². The van der Waals surface area contributed by atoms with E-state index in [1.54, 1.807) is 30.5 Å². The van der Waals surface area contributed by atoms with Crippen LogP contribution in [-0.4, -0.2) is 16.0 Å². The minimum atomic E-state index is -0.401. The van der Waals surface area contributed by atoms with Gasteiger partial charge in [0.25, 0.3) is 0 Å². The number of urea groups is 1. The SMILES string of the molecule is O=C(Nc1cccc(-c2nc3cccnc3s2)c1)Nc1ccc(Cl)cc1Cl. The summed E-state index contributed by atoms with van der Waals surface area (Å²) in [6.07, 6.45) is 1.74. The summed E-state index contributed by atoms with van der Waals surface area (Å²) in [5.41, 5.74) is 2.88. The number of anilines is 2. The van der Waals surface area contributed by atoms with Crippen LogP contribution in [0, 0.1) is 0 Å². The van der Waals surface area contributed by atoms with Crippen molar-refractivity contribution in [2.75, 3.05) is 10.6 Å². The average molecular weight is 415 g/mol. The molecule has 27 heavy (non-hydrogen) atoms. The highest BCUT2D eigenvalue weighted by molar-refractivity contribution is 7.21. The Kier molecular flexibility index (Phi) is 4.94. The second kappa shape index (κ2) is 7.52. The normalized spacial score (nSPS) is 10.7. The number of rotatable bonds is 3. The second-order valence-corrected chi connectivity index (χ2v) is 7.45. The first-order valence-electron chi connectivity index (χ1n) is 7.93. The highest BCUT2D eigenvalue weighted by Gasteiger charge is 2.10. The molecule has 2 heterocycles. The third-order valence-corrected chi connectivity index (χ3v) is 5.29. The maximum Gasteiger partial charge on any atom is 0.323 e. The van der Waals surface area contributed by atoms with Crippen LogP contribution < -0.4 is 10.6 Å². The van der Waals surface area contributed by atoms with Crippen molar-refractivity contribution in [3.63, 3.8) is 0 Å². The summed E-state index contributed by atoms with van der Waals surface area (Å²) in [5.74, 6) is 0. The number of thiazole rings is 1. The van der Waals surface area contributed by atoms with Gasteiger partial charge in [-0.15, -0.1) is 0 Å². The van der Waals surface area contributed by atoms with Crippen molar-refractivity contribution in [1.82, 2.24) is 9.97 Å². The molecule has 2 N–H and O–H groups in total. The lowest BCUT2D eigenvalue weighted by Crippen LogP contribution is -2.19. The number of fused-ring (bicyclic) bond motifs is 1. The van der Waals surface area contributed by atoms with Crippen molar-refractivity contribution in [1.29, 1.82) is 0 Å². The molecule has 0 spiro atoms. The lowest BCUT2D eigenvalue weighted by Gasteiger charge is -2.10. The first kappa shape index (κ1) is 17.7. The molecule has 0 unspecified atom stereocenters. The monoisotopic (exact) mass is 414 g/mol. The molecule has 0 saturated heterocycles. The van der Waals surface area contributed by atoms with Crippen LogP contribution in [-0.2, 0) is 0 Å². The number of nitrogens with one attached hydrogen (secondary N) is 2. The van der Waals surface area contributed by atoms with Gasteiger partial charge in [0.05, 0.1) is 10.7 Å². The second-order valence-electron chi connectivity index (χ2n) is 5.63. The molecule has 0 aliphatic rings. The molecule has 8 heteroatoms. The topological polar surface area (TPSA) is 66.9 Å². The van der Waals surface area contributed by atoms with Gasteiger partial charge in [0.2, 0.25) is 0 Å². The molecule has 0 saturated carbocycles. The fourth-order valence-electron chi connectivity index (χ4n) is 2.50. The smallest absolute Gasteiger partial charge is 0.308 e. The quantitative estimate of drug-likeness (QED) is 0.412. The molecule has 0 radical (unpaired) electrons. The fourth-order valence-corrected chi connectivity index (χ4v) is 3.86. The maximum atomic E-state index is 12.3. The van der Waals surface area contributed by atoms with Gasteiger partial charge in [-0.3, -0.25) is 0 Å². The van der Waals surface area contributed by atoms with Crippen molar-refractivity contribution in [2.24, 2.45) is 0 Å². The number of hydrogen-bond acceptors (Lipinski definition) is 4. The maximum absolute atomic E-state index is 12.3. The van der Waals surface area contributed by atoms with E-state index in [1.165, 1.54) is 11.3 Å². The lowest BCUT2D eigenvalue weighted by atomic mass is 10.2. The van der Waals surface area contributed by atoms with E-state index in [-0.39, 0.29) is 0 Å². The lowest BCUT2D eigenvalue weighted by molar-refractivity contribution is 0.262. The number of pyridine rings is 1. The third kappa shape index (κ3) is 4.03. The van der Waals surface area contributed by atoms with Gasteiger partial charge in [0.15, 0.2) is 0 Å². The van der Waals surface area contributed by atoms with Crippen LogP contribution in [0.3, 0.4) is 0 Å². The summed E-state index contributed by atoms with van der Waals surface area (Å²) in [6, 6.07) is 15.7. The molecule has 2 aromatic carbocycles. The Bertz CT molecular complexity index is 1110. The van der Waals surface area contributed by atoms with Crippen LogP contribution in [0.25, 0.3) is 20.9 Å². The number of carbonyl (C=O) groups excluding carboxylic acids is 1.